The van der Waals surface area contributed by atoms with Crippen LogP contribution in [0.3, 0.4) is 0 Å². The fourth-order valence-electron chi connectivity index (χ4n) is 1.77. The molecule has 0 aliphatic heterocycles. The van der Waals surface area contributed by atoms with Crippen LogP contribution in [-0.2, 0) is 0 Å². The smallest absolute Gasteiger partial charge is 0.253 e. The molecule has 0 saturated heterocycles. The van der Waals surface area contributed by atoms with Crippen LogP contribution >= 0.6 is 11.6 Å². The molecule has 1 amide bonds. The number of carbonyl (C=O) groups is 1. The van der Waals surface area contributed by atoms with Crippen LogP contribution in [0.2, 0.25) is 5.02 Å². The fraction of sp³-hybridized carbons (Fsp3) is 0.133. The summed E-state index contributed by atoms with van der Waals surface area (Å²) in [6.45, 7) is 1.88. The van der Waals surface area contributed by atoms with E-state index in [0.717, 1.165) is 11.6 Å². The largest absolute Gasteiger partial charge is 0.345 e. The average molecular weight is 278 g/mol. The topological polar surface area (TPSA) is 29.1 Å². The quantitative estimate of drug-likeness (QED) is 0.904. The van der Waals surface area contributed by atoms with Crippen LogP contribution in [0.4, 0.5) is 4.39 Å². The van der Waals surface area contributed by atoms with Crippen molar-refractivity contribution < 1.29 is 9.18 Å². The number of hydrogen-bond acceptors (Lipinski definition) is 1. The molecule has 0 fully saturated rings. The van der Waals surface area contributed by atoms with Gasteiger partial charge in [0.05, 0.1) is 16.6 Å². The van der Waals surface area contributed by atoms with Crippen molar-refractivity contribution in [2.75, 3.05) is 0 Å². The Bertz CT molecular complexity index is 586. The van der Waals surface area contributed by atoms with E-state index in [0.29, 0.717) is 0 Å². The van der Waals surface area contributed by atoms with Gasteiger partial charge in [-0.3, -0.25) is 4.79 Å². The van der Waals surface area contributed by atoms with E-state index in [2.05, 4.69) is 5.32 Å². The van der Waals surface area contributed by atoms with Gasteiger partial charge >= 0.3 is 0 Å². The van der Waals surface area contributed by atoms with Gasteiger partial charge in [-0.05, 0) is 30.7 Å². The summed E-state index contributed by atoms with van der Waals surface area (Å²) in [5.41, 5.74) is 1.26. The Hall–Kier alpha value is -1.87. The molecule has 1 atom stereocenters. The lowest BCUT2D eigenvalue weighted by Gasteiger charge is -2.14. The van der Waals surface area contributed by atoms with Gasteiger partial charge in [-0.2, -0.15) is 0 Å². The minimum Gasteiger partial charge on any atom is -0.345 e. The lowest BCUT2D eigenvalue weighted by Crippen LogP contribution is -2.26. The van der Waals surface area contributed by atoms with Crippen LogP contribution in [0.5, 0.6) is 0 Å². The third-order valence-corrected chi connectivity index (χ3v) is 3.14. The number of rotatable bonds is 3. The second-order valence-corrected chi connectivity index (χ2v) is 4.64. The van der Waals surface area contributed by atoms with E-state index in [1.807, 2.05) is 37.3 Å². The monoisotopic (exact) mass is 277 g/mol. The lowest BCUT2D eigenvalue weighted by molar-refractivity contribution is 0.0940. The molecular formula is C15H13ClFNO. The van der Waals surface area contributed by atoms with Crippen molar-refractivity contribution in [3.05, 3.63) is 70.5 Å². The summed E-state index contributed by atoms with van der Waals surface area (Å²) in [4.78, 5) is 12.0. The van der Waals surface area contributed by atoms with E-state index >= 15 is 0 Å². The van der Waals surface area contributed by atoms with E-state index in [1.165, 1.54) is 12.1 Å². The Balaban J connectivity index is 2.13. The first-order valence-electron chi connectivity index (χ1n) is 5.89. The van der Waals surface area contributed by atoms with Crippen LogP contribution in [0.1, 0.15) is 28.9 Å². The number of halogens is 2. The molecule has 1 N–H and O–H groups in total. The Kier molecular flexibility index (Phi) is 4.17. The number of amides is 1. The van der Waals surface area contributed by atoms with Gasteiger partial charge < -0.3 is 5.32 Å². The van der Waals surface area contributed by atoms with Crippen LogP contribution in [0, 0.1) is 5.82 Å². The molecule has 0 aromatic heterocycles. The van der Waals surface area contributed by atoms with Gasteiger partial charge in [0.2, 0.25) is 0 Å². The van der Waals surface area contributed by atoms with Gasteiger partial charge in [0.1, 0.15) is 5.82 Å². The summed E-state index contributed by atoms with van der Waals surface area (Å²) in [6.07, 6.45) is 0. The standard InChI is InChI=1S/C15H13ClFNO/c1-10(11-5-3-2-4-6-11)18-15(19)13-8-7-12(17)9-14(13)16/h2-10H,1H3,(H,18,19)/t10-/m0/s1. The summed E-state index contributed by atoms with van der Waals surface area (Å²) >= 11 is 5.85. The first-order chi connectivity index (χ1) is 9.08. The van der Waals surface area contributed by atoms with Crippen molar-refractivity contribution in [2.45, 2.75) is 13.0 Å². The molecule has 0 spiro atoms. The maximum atomic E-state index is 12.9. The van der Waals surface area contributed by atoms with E-state index < -0.39 is 5.82 Å². The maximum Gasteiger partial charge on any atom is 0.253 e. The van der Waals surface area contributed by atoms with Gasteiger partial charge in [-0.25, -0.2) is 4.39 Å². The highest BCUT2D eigenvalue weighted by Crippen LogP contribution is 2.19. The molecule has 0 bridgehead atoms. The highest BCUT2D eigenvalue weighted by atomic mass is 35.5. The molecular weight excluding hydrogens is 265 g/mol. The molecule has 19 heavy (non-hydrogen) atoms. The minimum atomic E-state index is -0.461. The van der Waals surface area contributed by atoms with Crippen molar-refractivity contribution in [1.82, 2.24) is 5.32 Å². The van der Waals surface area contributed by atoms with E-state index in [4.69, 9.17) is 11.6 Å². The molecule has 2 rings (SSSR count). The maximum absolute atomic E-state index is 12.9. The molecule has 0 aliphatic rings. The highest BCUT2D eigenvalue weighted by molar-refractivity contribution is 6.33. The molecule has 98 valence electrons. The molecule has 0 heterocycles. The summed E-state index contributed by atoms with van der Waals surface area (Å²) < 4.78 is 12.9. The third-order valence-electron chi connectivity index (χ3n) is 2.82. The zero-order valence-electron chi connectivity index (χ0n) is 10.4. The first-order valence-corrected chi connectivity index (χ1v) is 6.26. The van der Waals surface area contributed by atoms with E-state index in [1.54, 1.807) is 0 Å². The van der Waals surface area contributed by atoms with Crippen LogP contribution in [0.25, 0.3) is 0 Å². The molecule has 0 radical (unpaired) electrons. The van der Waals surface area contributed by atoms with Crippen molar-refractivity contribution in [3.63, 3.8) is 0 Å². The highest BCUT2D eigenvalue weighted by Gasteiger charge is 2.14. The number of nitrogens with one attached hydrogen (secondary N) is 1. The second kappa shape index (κ2) is 5.85. The molecule has 2 aromatic carbocycles. The molecule has 4 heteroatoms. The number of hydrogen-bond donors (Lipinski definition) is 1. The van der Waals surface area contributed by atoms with Gasteiger partial charge in [0, 0.05) is 0 Å². The molecule has 0 saturated carbocycles. The first kappa shape index (κ1) is 13.6. The zero-order valence-corrected chi connectivity index (χ0v) is 11.1. The number of carbonyl (C=O) groups excluding carboxylic acids is 1. The van der Waals surface area contributed by atoms with Gasteiger partial charge in [-0.15, -0.1) is 0 Å². The van der Waals surface area contributed by atoms with Crippen LogP contribution in [0.15, 0.2) is 48.5 Å². The van der Waals surface area contributed by atoms with Crippen molar-refractivity contribution in [3.8, 4) is 0 Å². The van der Waals surface area contributed by atoms with Gasteiger partial charge in [0.15, 0.2) is 0 Å². The lowest BCUT2D eigenvalue weighted by atomic mass is 10.1. The summed E-state index contributed by atoms with van der Waals surface area (Å²) in [6, 6.07) is 13.2. The van der Waals surface area contributed by atoms with Crippen LogP contribution in [-0.4, -0.2) is 5.91 Å². The van der Waals surface area contributed by atoms with E-state index in [9.17, 15) is 9.18 Å². The van der Waals surface area contributed by atoms with Gasteiger partial charge in [0.25, 0.3) is 5.91 Å². The third kappa shape index (κ3) is 3.32. The van der Waals surface area contributed by atoms with E-state index in [-0.39, 0.29) is 22.5 Å². The fourth-order valence-corrected chi connectivity index (χ4v) is 2.03. The van der Waals surface area contributed by atoms with Crippen molar-refractivity contribution in [2.24, 2.45) is 0 Å². The predicted molar refractivity (Wildman–Crippen MR) is 73.7 cm³/mol. The summed E-state index contributed by atoms with van der Waals surface area (Å²) in [5, 5.41) is 2.94. The zero-order chi connectivity index (χ0) is 13.8. The second-order valence-electron chi connectivity index (χ2n) is 4.23. The van der Waals surface area contributed by atoms with Crippen molar-refractivity contribution in [1.29, 1.82) is 0 Å². The summed E-state index contributed by atoms with van der Waals surface area (Å²) in [5.74, 6) is -0.779. The Morgan fingerprint density at radius 1 is 1.21 bits per heavy atom. The normalized spacial score (nSPS) is 11.9. The van der Waals surface area contributed by atoms with Crippen molar-refractivity contribution >= 4 is 17.5 Å². The van der Waals surface area contributed by atoms with Gasteiger partial charge in [-0.1, -0.05) is 41.9 Å². The SMILES string of the molecule is C[C@H](NC(=O)c1ccc(F)cc1Cl)c1ccccc1. The number of benzene rings is 2. The molecule has 2 nitrogen and oxygen atoms in total. The predicted octanol–water partition coefficient (Wildman–Crippen LogP) is 3.97. The Morgan fingerprint density at radius 3 is 2.53 bits per heavy atom. The Labute approximate surface area is 116 Å². The molecule has 2 aromatic rings. The summed E-state index contributed by atoms with van der Waals surface area (Å²) in [7, 11) is 0. The minimum absolute atomic E-state index is 0.109. The molecule has 0 unspecified atom stereocenters. The Morgan fingerprint density at radius 2 is 1.89 bits per heavy atom. The average Bonchev–Trinajstić information content (AvgIpc) is 2.39. The molecule has 0 aliphatic carbocycles. The van der Waals surface area contributed by atoms with Crippen LogP contribution < -0.4 is 5.32 Å².